The number of aromatic nitrogens is 1. The highest BCUT2D eigenvalue weighted by atomic mass is 19.4. The molecule has 2 aromatic rings. The number of hydrogen-bond acceptors (Lipinski definition) is 3. The van der Waals surface area contributed by atoms with E-state index >= 15 is 0 Å². The van der Waals surface area contributed by atoms with E-state index in [1.54, 1.807) is 12.1 Å². The van der Waals surface area contributed by atoms with E-state index < -0.39 is 12.8 Å². The van der Waals surface area contributed by atoms with Crippen LogP contribution in [0.4, 0.5) is 18.9 Å². The zero-order valence-corrected chi connectivity index (χ0v) is 10.6. The number of pyridine rings is 1. The minimum absolute atomic E-state index is 0.126. The number of aryl methyl sites for hydroxylation is 1. The van der Waals surface area contributed by atoms with Crippen LogP contribution in [-0.2, 0) is 12.8 Å². The molecule has 1 aliphatic rings. The Kier molecular flexibility index (Phi) is 2.96. The molecule has 0 atom stereocenters. The molecule has 1 aromatic heterocycles. The third-order valence-corrected chi connectivity index (χ3v) is 3.44. The van der Waals surface area contributed by atoms with Crippen LogP contribution in [0.1, 0.15) is 17.7 Å². The van der Waals surface area contributed by atoms with Gasteiger partial charge in [-0.15, -0.1) is 0 Å². The lowest BCUT2D eigenvalue weighted by atomic mass is 10.1. The molecule has 0 radical (unpaired) electrons. The van der Waals surface area contributed by atoms with Gasteiger partial charge in [-0.05, 0) is 30.9 Å². The first-order valence-electron chi connectivity index (χ1n) is 6.35. The van der Waals surface area contributed by atoms with Crippen molar-refractivity contribution < 1.29 is 17.9 Å². The number of hydrogen-bond donors (Lipinski definition) is 1. The van der Waals surface area contributed by atoms with Gasteiger partial charge in [-0.3, -0.25) is 0 Å². The van der Waals surface area contributed by atoms with Crippen LogP contribution >= 0.6 is 0 Å². The molecular weight excluding hydrogens is 269 g/mol. The van der Waals surface area contributed by atoms with Crippen molar-refractivity contribution >= 4 is 16.6 Å². The van der Waals surface area contributed by atoms with Crippen LogP contribution in [0.5, 0.6) is 5.75 Å². The van der Waals surface area contributed by atoms with Gasteiger partial charge in [0.25, 0.3) is 0 Å². The Balaban J connectivity index is 2.08. The largest absolute Gasteiger partial charge is 0.482 e. The number of nitrogens with zero attached hydrogens (tertiary/aromatic N) is 1. The maximum absolute atomic E-state index is 12.3. The molecule has 0 fully saturated rings. The fourth-order valence-corrected chi connectivity index (χ4v) is 2.57. The lowest BCUT2D eigenvalue weighted by Crippen LogP contribution is -2.19. The predicted molar refractivity (Wildman–Crippen MR) is 69.7 cm³/mol. The number of fused-ring (bicyclic) bond motifs is 2. The highest BCUT2D eigenvalue weighted by Crippen LogP contribution is 2.35. The Morgan fingerprint density at radius 2 is 2.05 bits per heavy atom. The van der Waals surface area contributed by atoms with E-state index in [1.165, 1.54) is 6.07 Å². The van der Waals surface area contributed by atoms with Crippen molar-refractivity contribution in [2.45, 2.75) is 25.4 Å². The van der Waals surface area contributed by atoms with E-state index in [1.807, 2.05) is 0 Å². The number of nitrogen functional groups attached to an aromatic ring is 1. The van der Waals surface area contributed by atoms with Gasteiger partial charge in [-0.25, -0.2) is 4.98 Å². The van der Waals surface area contributed by atoms with Gasteiger partial charge in [-0.1, -0.05) is 12.1 Å². The number of ether oxygens (including phenoxy) is 1. The summed E-state index contributed by atoms with van der Waals surface area (Å²) in [5.41, 5.74) is 9.02. The van der Waals surface area contributed by atoms with Gasteiger partial charge in [0.2, 0.25) is 0 Å². The molecule has 1 aromatic carbocycles. The zero-order valence-electron chi connectivity index (χ0n) is 10.6. The fourth-order valence-electron chi connectivity index (χ4n) is 2.57. The summed E-state index contributed by atoms with van der Waals surface area (Å²) in [5.74, 6) is 0.126. The molecule has 1 heterocycles. The van der Waals surface area contributed by atoms with Crippen molar-refractivity contribution in [2.24, 2.45) is 0 Å². The zero-order chi connectivity index (χ0) is 14.3. The third-order valence-electron chi connectivity index (χ3n) is 3.44. The van der Waals surface area contributed by atoms with Crippen molar-refractivity contribution in [3.8, 4) is 5.75 Å². The number of benzene rings is 1. The first kappa shape index (κ1) is 13.0. The minimum Gasteiger partial charge on any atom is -0.482 e. The van der Waals surface area contributed by atoms with Gasteiger partial charge in [0.15, 0.2) is 6.61 Å². The molecule has 106 valence electrons. The van der Waals surface area contributed by atoms with Crippen molar-refractivity contribution in [3.05, 3.63) is 29.5 Å². The molecule has 0 spiro atoms. The smallest absolute Gasteiger partial charge is 0.422 e. The third kappa shape index (κ3) is 2.26. The van der Waals surface area contributed by atoms with E-state index in [0.717, 1.165) is 30.5 Å². The van der Waals surface area contributed by atoms with Crippen LogP contribution in [0, 0.1) is 0 Å². The van der Waals surface area contributed by atoms with Crippen molar-refractivity contribution in [1.82, 2.24) is 4.98 Å². The van der Waals surface area contributed by atoms with Gasteiger partial charge in [0.05, 0.1) is 0 Å². The summed E-state index contributed by atoms with van der Waals surface area (Å²) < 4.78 is 41.7. The Morgan fingerprint density at radius 3 is 2.80 bits per heavy atom. The van der Waals surface area contributed by atoms with E-state index in [4.69, 9.17) is 10.5 Å². The Hall–Kier alpha value is -1.98. The van der Waals surface area contributed by atoms with Crippen molar-refractivity contribution in [3.63, 3.8) is 0 Å². The standard InChI is InChI=1S/C14H13F3N2O/c15-14(16,17)7-20-11-6-2-4-9-12(18)8-3-1-5-10(8)19-13(9)11/h2,4,6H,1,3,5,7H2,(H2,18,19). The molecule has 0 unspecified atom stereocenters. The van der Waals surface area contributed by atoms with E-state index in [9.17, 15) is 13.2 Å². The summed E-state index contributed by atoms with van der Waals surface area (Å²) in [6.45, 7) is -1.33. The summed E-state index contributed by atoms with van der Waals surface area (Å²) in [6.07, 6.45) is -1.72. The van der Waals surface area contributed by atoms with E-state index in [-0.39, 0.29) is 5.75 Å². The van der Waals surface area contributed by atoms with E-state index in [0.29, 0.717) is 16.6 Å². The molecule has 6 heteroatoms. The molecule has 0 amide bonds. The van der Waals surface area contributed by atoms with E-state index in [2.05, 4.69) is 4.98 Å². The molecule has 0 saturated carbocycles. The van der Waals surface area contributed by atoms with Crippen LogP contribution in [0.3, 0.4) is 0 Å². The number of nitrogens with two attached hydrogens (primary N) is 1. The second-order valence-corrected chi connectivity index (χ2v) is 4.86. The van der Waals surface area contributed by atoms with Crippen LogP contribution < -0.4 is 10.5 Å². The molecule has 3 rings (SSSR count). The number of anilines is 1. The minimum atomic E-state index is -4.37. The normalized spacial score (nSPS) is 14.6. The van der Waals surface area contributed by atoms with Crippen LogP contribution in [0.15, 0.2) is 18.2 Å². The second kappa shape index (κ2) is 4.54. The number of alkyl halides is 3. The molecule has 3 nitrogen and oxygen atoms in total. The SMILES string of the molecule is Nc1c2c(nc3c(OCC(F)(F)F)cccc13)CCC2. The Morgan fingerprint density at radius 1 is 1.25 bits per heavy atom. The average Bonchev–Trinajstić information content (AvgIpc) is 2.84. The van der Waals surface area contributed by atoms with Gasteiger partial charge in [0.1, 0.15) is 11.3 Å². The summed E-state index contributed by atoms with van der Waals surface area (Å²) >= 11 is 0. The number of halogens is 3. The van der Waals surface area contributed by atoms with Crippen LogP contribution in [0.2, 0.25) is 0 Å². The van der Waals surface area contributed by atoms with Gasteiger partial charge < -0.3 is 10.5 Å². The molecule has 2 N–H and O–H groups in total. The maximum Gasteiger partial charge on any atom is 0.422 e. The Labute approximate surface area is 113 Å². The summed E-state index contributed by atoms with van der Waals surface area (Å²) in [4.78, 5) is 4.44. The topological polar surface area (TPSA) is 48.1 Å². The second-order valence-electron chi connectivity index (χ2n) is 4.86. The first-order chi connectivity index (χ1) is 9.46. The van der Waals surface area contributed by atoms with Crippen molar-refractivity contribution in [1.29, 1.82) is 0 Å². The number of rotatable bonds is 2. The highest BCUT2D eigenvalue weighted by Gasteiger charge is 2.29. The maximum atomic E-state index is 12.3. The monoisotopic (exact) mass is 282 g/mol. The molecular formula is C14H13F3N2O. The lowest BCUT2D eigenvalue weighted by Gasteiger charge is -2.13. The van der Waals surface area contributed by atoms with Gasteiger partial charge in [0, 0.05) is 16.8 Å². The first-order valence-corrected chi connectivity index (χ1v) is 6.35. The lowest BCUT2D eigenvalue weighted by molar-refractivity contribution is -0.153. The number of para-hydroxylation sites is 1. The summed E-state index contributed by atoms with van der Waals surface area (Å²) in [6, 6.07) is 4.88. The molecule has 0 aliphatic heterocycles. The molecule has 0 bridgehead atoms. The predicted octanol–water partition coefficient (Wildman–Crippen LogP) is 3.25. The fraction of sp³-hybridized carbons (Fsp3) is 0.357. The Bertz CT molecular complexity index is 667. The van der Waals surface area contributed by atoms with Crippen LogP contribution in [0.25, 0.3) is 10.9 Å². The highest BCUT2D eigenvalue weighted by molar-refractivity contribution is 5.95. The van der Waals surface area contributed by atoms with Crippen LogP contribution in [-0.4, -0.2) is 17.8 Å². The van der Waals surface area contributed by atoms with Crippen molar-refractivity contribution in [2.75, 3.05) is 12.3 Å². The molecule has 0 saturated heterocycles. The van der Waals surface area contributed by atoms with Gasteiger partial charge in [-0.2, -0.15) is 13.2 Å². The van der Waals surface area contributed by atoms with Gasteiger partial charge >= 0.3 is 6.18 Å². The average molecular weight is 282 g/mol. The summed E-state index contributed by atoms with van der Waals surface area (Å²) in [7, 11) is 0. The quantitative estimate of drug-likeness (QED) is 0.919. The molecule has 20 heavy (non-hydrogen) atoms. The molecule has 1 aliphatic carbocycles. The summed E-state index contributed by atoms with van der Waals surface area (Å²) in [5, 5.41) is 0.658.